The molecule has 0 heterocycles. The molecule has 0 aliphatic heterocycles. The highest BCUT2D eigenvalue weighted by atomic mass is 32.2. The van der Waals surface area contributed by atoms with Gasteiger partial charge in [0.2, 0.25) is 0 Å². The number of aliphatic hydroxyl groups is 1. The first-order chi connectivity index (χ1) is 9.33. The molecule has 2 aromatic rings. The average Bonchev–Trinajstić information content (AvgIpc) is 2.47. The highest BCUT2D eigenvalue weighted by Crippen LogP contribution is 2.24. The fourth-order valence-corrected chi connectivity index (χ4v) is 2.97. The van der Waals surface area contributed by atoms with Crippen LogP contribution in [0.2, 0.25) is 0 Å². The molecule has 19 heavy (non-hydrogen) atoms. The second kappa shape index (κ2) is 7.53. The Morgan fingerprint density at radius 2 is 1.95 bits per heavy atom. The largest absolute Gasteiger partial charge is 0.395 e. The maximum Gasteiger partial charge on any atom is 0.0592 e. The summed E-state index contributed by atoms with van der Waals surface area (Å²) in [7, 11) is 0. The molecule has 2 rings (SSSR count). The molecule has 1 atom stereocenters. The first kappa shape index (κ1) is 14.4. The number of hydrogen-bond donors (Lipinski definition) is 2. The van der Waals surface area contributed by atoms with Gasteiger partial charge in [-0.25, -0.2) is 0 Å². The monoisotopic (exact) mass is 275 g/mol. The van der Waals surface area contributed by atoms with Crippen LogP contribution < -0.4 is 5.32 Å². The van der Waals surface area contributed by atoms with Crippen molar-refractivity contribution in [1.29, 1.82) is 0 Å². The zero-order valence-electron chi connectivity index (χ0n) is 11.3. The Balaban J connectivity index is 1.96. The zero-order valence-corrected chi connectivity index (χ0v) is 12.1. The van der Waals surface area contributed by atoms with Gasteiger partial charge >= 0.3 is 0 Å². The normalized spacial score (nSPS) is 12.7. The number of benzene rings is 2. The lowest BCUT2D eigenvalue weighted by molar-refractivity contribution is 0.254. The van der Waals surface area contributed by atoms with Gasteiger partial charge in [-0.3, -0.25) is 0 Å². The van der Waals surface area contributed by atoms with Crippen LogP contribution in [0.5, 0.6) is 0 Å². The second-order valence-corrected chi connectivity index (χ2v) is 5.75. The second-order valence-electron chi connectivity index (χ2n) is 4.65. The Labute approximate surface area is 119 Å². The summed E-state index contributed by atoms with van der Waals surface area (Å²) in [5.74, 6) is 0.898. The van der Waals surface area contributed by atoms with Crippen LogP contribution in [-0.4, -0.2) is 30.1 Å². The summed E-state index contributed by atoms with van der Waals surface area (Å²) >= 11 is 1.80. The van der Waals surface area contributed by atoms with Crippen LogP contribution in [0.3, 0.4) is 0 Å². The summed E-state index contributed by atoms with van der Waals surface area (Å²) in [6, 6.07) is 15.1. The summed E-state index contributed by atoms with van der Waals surface area (Å²) in [6.45, 7) is 3.29. The molecule has 2 nitrogen and oxygen atoms in total. The van der Waals surface area contributed by atoms with E-state index in [-0.39, 0.29) is 12.6 Å². The fourth-order valence-electron chi connectivity index (χ4n) is 1.98. The Hall–Kier alpha value is -1.03. The topological polar surface area (TPSA) is 32.3 Å². The van der Waals surface area contributed by atoms with Gasteiger partial charge in [-0.15, -0.1) is 11.8 Å². The van der Waals surface area contributed by atoms with Gasteiger partial charge in [0, 0.05) is 16.7 Å². The van der Waals surface area contributed by atoms with Crippen molar-refractivity contribution >= 4 is 22.5 Å². The molecule has 0 amide bonds. The van der Waals surface area contributed by atoms with E-state index < -0.39 is 0 Å². The van der Waals surface area contributed by atoms with Crippen LogP contribution in [0, 0.1) is 0 Å². The van der Waals surface area contributed by atoms with Gasteiger partial charge in [0.1, 0.15) is 0 Å². The lowest BCUT2D eigenvalue weighted by Gasteiger charge is -2.15. The number of aliphatic hydroxyl groups excluding tert-OH is 1. The Morgan fingerprint density at radius 1 is 1.16 bits per heavy atom. The minimum absolute atomic E-state index is 0.177. The third-order valence-electron chi connectivity index (χ3n) is 3.08. The van der Waals surface area contributed by atoms with Crippen molar-refractivity contribution in [3.63, 3.8) is 0 Å². The summed E-state index contributed by atoms with van der Waals surface area (Å²) < 4.78 is 0. The molecule has 1 unspecified atom stereocenters. The summed E-state index contributed by atoms with van der Waals surface area (Å²) in [5, 5.41) is 15.2. The molecule has 0 bridgehead atoms. The molecule has 0 saturated carbocycles. The highest BCUT2D eigenvalue weighted by molar-refractivity contribution is 7.99. The van der Waals surface area contributed by atoms with Crippen molar-refractivity contribution in [2.75, 3.05) is 18.9 Å². The third kappa shape index (κ3) is 4.23. The van der Waals surface area contributed by atoms with Crippen LogP contribution in [0.15, 0.2) is 47.4 Å². The van der Waals surface area contributed by atoms with E-state index in [0.717, 1.165) is 18.7 Å². The van der Waals surface area contributed by atoms with Crippen molar-refractivity contribution in [1.82, 2.24) is 5.32 Å². The van der Waals surface area contributed by atoms with E-state index in [9.17, 15) is 5.11 Å². The molecule has 0 fully saturated rings. The van der Waals surface area contributed by atoms with E-state index in [0.29, 0.717) is 0 Å². The average molecular weight is 275 g/mol. The van der Waals surface area contributed by atoms with E-state index in [2.05, 4.69) is 54.7 Å². The van der Waals surface area contributed by atoms with E-state index >= 15 is 0 Å². The van der Waals surface area contributed by atoms with E-state index in [4.69, 9.17) is 0 Å². The quantitative estimate of drug-likeness (QED) is 0.761. The molecule has 2 N–H and O–H groups in total. The minimum Gasteiger partial charge on any atom is -0.395 e. The summed E-state index contributed by atoms with van der Waals surface area (Å²) in [4.78, 5) is 1.26. The third-order valence-corrected chi connectivity index (χ3v) is 4.23. The number of thioether (sulfide) groups is 1. The lowest BCUT2D eigenvalue weighted by atomic mass is 10.1. The van der Waals surface area contributed by atoms with Gasteiger partial charge < -0.3 is 10.4 Å². The van der Waals surface area contributed by atoms with Gasteiger partial charge in [-0.1, -0.05) is 37.3 Å². The number of hydrogen-bond acceptors (Lipinski definition) is 3. The van der Waals surface area contributed by atoms with Gasteiger partial charge in [0.25, 0.3) is 0 Å². The summed E-state index contributed by atoms with van der Waals surface area (Å²) in [5.41, 5.74) is 0. The molecule has 102 valence electrons. The van der Waals surface area contributed by atoms with Crippen molar-refractivity contribution in [2.45, 2.75) is 24.3 Å². The maximum absolute atomic E-state index is 9.33. The van der Waals surface area contributed by atoms with Crippen LogP contribution in [-0.2, 0) is 0 Å². The molecule has 0 aliphatic carbocycles. The Bertz CT molecular complexity index is 515. The predicted molar refractivity (Wildman–Crippen MR) is 83.8 cm³/mol. The first-order valence-corrected chi connectivity index (χ1v) is 7.78. The van der Waals surface area contributed by atoms with Crippen molar-refractivity contribution in [3.8, 4) is 0 Å². The molecule has 3 heteroatoms. The smallest absolute Gasteiger partial charge is 0.0592 e. The van der Waals surface area contributed by atoms with E-state index in [1.807, 2.05) is 0 Å². The van der Waals surface area contributed by atoms with Crippen LogP contribution in [0.1, 0.15) is 13.3 Å². The van der Waals surface area contributed by atoms with Gasteiger partial charge in [0.05, 0.1) is 6.61 Å². The molecular formula is C16H21NOS. The molecule has 0 aromatic heterocycles. The Kier molecular flexibility index (Phi) is 5.70. The standard InChI is InChI=1S/C16H21NOS/c1-2-9-17-15(11-18)12-19-16-8-7-13-5-3-4-6-14(13)10-16/h3-8,10,15,17-18H,2,9,11-12H2,1H3. The van der Waals surface area contributed by atoms with Gasteiger partial charge in [-0.05, 0) is 35.9 Å². The van der Waals surface area contributed by atoms with Crippen LogP contribution in [0.4, 0.5) is 0 Å². The molecule has 0 spiro atoms. The zero-order chi connectivity index (χ0) is 13.5. The molecule has 0 radical (unpaired) electrons. The van der Waals surface area contributed by atoms with Crippen molar-refractivity contribution in [3.05, 3.63) is 42.5 Å². The highest BCUT2D eigenvalue weighted by Gasteiger charge is 2.06. The minimum atomic E-state index is 0.177. The van der Waals surface area contributed by atoms with E-state index in [1.165, 1.54) is 15.7 Å². The number of fused-ring (bicyclic) bond motifs is 1. The number of rotatable bonds is 7. The lowest BCUT2D eigenvalue weighted by Crippen LogP contribution is -2.35. The maximum atomic E-state index is 9.33. The van der Waals surface area contributed by atoms with E-state index in [1.54, 1.807) is 11.8 Å². The number of nitrogens with one attached hydrogen (secondary N) is 1. The first-order valence-electron chi connectivity index (χ1n) is 6.79. The molecule has 0 aliphatic rings. The molecule has 0 saturated heterocycles. The van der Waals surface area contributed by atoms with Crippen LogP contribution >= 0.6 is 11.8 Å². The molecular weight excluding hydrogens is 254 g/mol. The van der Waals surface area contributed by atoms with Gasteiger partial charge in [-0.2, -0.15) is 0 Å². The van der Waals surface area contributed by atoms with Gasteiger partial charge in [0.15, 0.2) is 0 Å². The fraction of sp³-hybridized carbons (Fsp3) is 0.375. The van der Waals surface area contributed by atoms with Crippen molar-refractivity contribution in [2.24, 2.45) is 0 Å². The summed E-state index contributed by atoms with van der Waals surface area (Å²) in [6.07, 6.45) is 1.09. The van der Waals surface area contributed by atoms with Crippen LogP contribution in [0.25, 0.3) is 10.8 Å². The molecule has 2 aromatic carbocycles. The van der Waals surface area contributed by atoms with Crippen molar-refractivity contribution < 1.29 is 5.11 Å². The predicted octanol–water partition coefficient (Wildman–Crippen LogP) is 3.29. The SMILES string of the molecule is CCCNC(CO)CSc1ccc2ccccc2c1. The Morgan fingerprint density at radius 3 is 2.68 bits per heavy atom.